The number of carbonyl (C=O) groups excluding carboxylic acids is 2. The van der Waals surface area contributed by atoms with Crippen molar-refractivity contribution in [2.24, 2.45) is 0 Å². The molecule has 0 saturated carbocycles. The van der Waals surface area contributed by atoms with E-state index in [4.69, 9.17) is 17.3 Å². The van der Waals surface area contributed by atoms with Crippen molar-refractivity contribution in [2.75, 3.05) is 12.3 Å². The zero-order chi connectivity index (χ0) is 18.7. The van der Waals surface area contributed by atoms with Crippen LogP contribution in [0.3, 0.4) is 0 Å². The van der Waals surface area contributed by atoms with E-state index in [-0.39, 0.29) is 24.7 Å². The molecule has 1 aliphatic heterocycles. The number of nitrogens with two attached hydrogens (primary N) is 1. The summed E-state index contributed by atoms with van der Waals surface area (Å²) in [5, 5.41) is 10.7. The minimum absolute atomic E-state index is 0.0475. The fourth-order valence-corrected chi connectivity index (χ4v) is 3.39. The average molecular weight is 373 g/mol. The van der Waals surface area contributed by atoms with Gasteiger partial charge < -0.3 is 15.7 Å². The molecule has 0 unspecified atom stereocenters. The highest BCUT2D eigenvalue weighted by Crippen LogP contribution is 2.24. The van der Waals surface area contributed by atoms with Gasteiger partial charge in [0, 0.05) is 35.7 Å². The molecule has 1 fully saturated rings. The highest BCUT2D eigenvalue weighted by Gasteiger charge is 2.38. The molecule has 0 spiro atoms. The van der Waals surface area contributed by atoms with Crippen LogP contribution in [0.4, 0.5) is 5.69 Å². The van der Waals surface area contributed by atoms with Crippen molar-refractivity contribution in [3.05, 3.63) is 64.7 Å². The Morgan fingerprint density at radius 2 is 1.92 bits per heavy atom. The number of likely N-dealkylation sites (tertiary alicyclic amines) is 1. The third-order valence-corrected chi connectivity index (χ3v) is 4.87. The lowest BCUT2D eigenvalue weighted by molar-refractivity contribution is -0.122. The number of halogens is 1. The Bertz CT molecular complexity index is 807. The molecule has 2 aromatic carbocycles. The number of nitrogen functional groups attached to an aromatic ring is 1. The van der Waals surface area contributed by atoms with Crippen LogP contribution in [0, 0.1) is 0 Å². The number of Topliss-reactive ketones (excluding diaryl/α,β-unsaturated/α-hetero) is 1. The summed E-state index contributed by atoms with van der Waals surface area (Å²) in [6, 6.07) is 13.4. The molecule has 5 nitrogen and oxygen atoms in total. The van der Waals surface area contributed by atoms with Crippen LogP contribution in [0.5, 0.6) is 0 Å². The van der Waals surface area contributed by atoms with Crippen molar-refractivity contribution < 1.29 is 14.7 Å². The van der Waals surface area contributed by atoms with E-state index in [0.29, 0.717) is 29.1 Å². The Labute approximate surface area is 157 Å². The van der Waals surface area contributed by atoms with E-state index in [2.05, 4.69) is 0 Å². The number of β-amino-alcohol motifs (C(OH)–C–C–N with tert-alkyl or cyclic N) is 1. The SMILES string of the molecule is Nc1cccc(C(=O)N2C[C@H](O)C[C@H]2C(=O)CCc2ccc(Cl)cc2)c1. The van der Waals surface area contributed by atoms with Crippen LogP contribution in [-0.4, -0.2) is 40.4 Å². The fourth-order valence-electron chi connectivity index (χ4n) is 3.27. The van der Waals surface area contributed by atoms with Crippen LogP contribution < -0.4 is 5.73 Å². The minimum atomic E-state index is -0.690. The average Bonchev–Trinajstić information content (AvgIpc) is 3.02. The lowest BCUT2D eigenvalue weighted by Gasteiger charge is -2.23. The monoisotopic (exact) mass is 372 g/mol. The molecule has 1 aliphatic rings. The normalized spacial score (nSPS) is 19.5. The number of nitrogens with zero attached hydrogens (tertiary/aromatic N) is 1. The Morgan fingerprint density at radius 1 is 1.19 bits per heavy atom. The van der Waals surface area contributed by atoms with E-state index in [9.17, 15) is 14.7 Å². The number of aliphatic hydroxyl groups is 1. The summed E-state index contributed by atoms with van der Waals surface area (Å²) in [4.78, 5) is 26.9. The van der Waals surface area contributed by atoms with Gasteiger partial charge in [-0.25, -0.2) is 0 Å². The summed E-state index contributed by atoms with van der Waals surface area (Å²) in [6.07, 6.45) is 0.459. The van der Waals surface area contributed by atoms with Crippen molar-refractivity contribution in [1.29, 1.82) is 0 Å². The molecule has 26 heavy (non-hydrogen) atoms. The molecule has 3 N–H and O–H groups in total. The number of benzene rings is 2. The van der Waals surface area contributed by atoms with Crippen LogP contribution in [0.15, 0.2) is 48.5 Å². The van der Waals surface area contributed by atoms with Crippen LogP contribution in [-0.2, 0) is 11.2 Å². The number of aryl methyl sites for hydroxylation is 1. The van der Waals surface area contributed by atoms with Crippen molar-refractivity contribution in [1.82, 2.24) is 4.90 Å². The summed E-state index contributed by atoms with van der Waals surface area (Å²) in [7, 11) is 0. The number of amides is 1. The molecule has 3 rings (SSSR count). The molecular weight excluding hydrogens is 352 g/mol. The first-order valence-corrected chi connectivity index (χ1v) is 8.93. The number of carbonyl (C=O) groups is 2. The molecule has 1 saturated heterocycles. The molecule has 0 aliphatic carbocycles. The first-order chi connectivity index (χ1) is 12.4. The third-order valence-electron chi connectivity index (χ3n) is 4.62. The summed E-state index contributed by atoms with van der Waals surface area (Å²) >= 11 is 5.87. The largest absolute Gasteiger partial charge is 0.399 e. The number of hydrogen-bond acceptors (Lipinski definition) is 4. The predicted molar refractivity (Wildman–Crippen MR) is 101 cm³/mol. The van der Waals surface area contributed by atoms with Crippen LogP contribution in [0.2, 0.25) is 5.02 Å². The Hall–Kier alpha value is -2.37. The standard InChI is InChI=1S/C20H21ClN2O3/c21-15-7-4-13(5-8-15)6-9-19(25)18-11-17(24)12-23(18)20(26)14-2-1-3-16(22)10-14/h1-5,7-8,10,17-18,24H,6,9,11-12,22H2/t17-,18+/m1/s1. The molecular formula is C20H21ClN2O3. The van der Waals surface area contributed by atoms with Gasteiger partial charge in [-0.2, -0.15) is 0 Å². The van der Waals surface area contributed by atoms with Crippen molar-refractivity contribution in [3.63, 3.8) is 0 Å². The second-order valence-electron chi connectivity index (χ2n) is 6.58. The van der Waals surface area contributed by atoms with Gasteiger partial charge in [-0.05, 0) is 42.3 Å². The number of anilines is 1. The van der Waals surface area contributed by atoms with Gasteiger partial charge in [0.2, 0.25) is 0 Å². The maximum Gasteiger partial charge on any atom is 0.254 e. The molecule has 6 heteroatoms. The Kier molecular flexibility index (Phi) is 5.59. The van der Waals surface area contributed by atoms with E-state index in [1.165, 1.54) is 4.90 Å². The van der Waals surface area contributed by atoms with Crippen LogP contribution in [0.25, 0.3) is 0 Å². The van der Waals surface area contributed by atoms with Gasteiger partial charge in [0.05, 0.1) is 12.1 Å². The van der Waals surface area contributed by atoms with Gasteiger partial charge in [-0.15, -0.1) is 0 Å². The summed E-state index contributed by atoms with van der Waals surface area (Å²) < 4.78 is 0. The number of hydrogen-bond donors (Lipinski definition) is 2. The highest BCUT2D eigenvalue weighted by atomic mass is 35.5. The van der Waals surface area contributed by atoms with E-state index < -0.39 is 12.1 Å². The number of ketones is 1. The molecule has 136 valence electrons. The predicted octanol–water partition coefficient (Wildman–Crippen LogP) is 2.70. The number of aliphatic hydroxyl groups excluding tert-OH is 1. The molecule has 0 aromatic heterocycles. The van der Waals surface area contributed by atoms with Crippen molar-refractivity contribution in [3.8, 4) is 0 Å². The molecule has 1 amide bonds. The van der Waals surface area contributed by atoms with Gasteiger partial charge in [-0.3, -0.25) is 9.59 Å². The van der Waals surface area contributed by atoms with Crippen LogP contribution in [0.1, 0.15) is 28.8 Å². The molecule has 2 aromatic rings. The maximum atomic E-state index is 12.8. The van der Waals surface area contributed by atoms with E-state index in [1.807, 2.05) is 12.1 Å². The van der Waals surface area contributed by atoms with E-state index in [1.54, 1.807) is 36.4 Å². The molecule has 0 radical (unpaired) electrons. The molecule has 1 heterocycles. The molecule has 0 bridgehead atoms. The quantitative estimate of drug-likeness (QED) is 0.790. The van der Waals surface area contributed by atoms with Crippen molar-refractivity contribution >= 4 is 29.0 Å². The minimum Gasteiger partial charge on any atom is -0.399 e. The summed E-state index contributed by atoms with van der Waals surface area (Å²) in [5.41, 5.74) is 7.67. The van der Waals surface area contributed by atoms with Crippen LogP contribution >= 0.6 is 11.6 Å². The summed E-state index contributed by atoms with van der Waals surface area (Å²) in [6.45, 7) is 0.158. The van der Waals surface area contributed by atoms with Crippen molar-refractivity contribution in [2.45, 2.75) is 31.4 Å². The third kappa shape index (κ3) is 4.23. The van der Waals surface area contributed by atoms with Gasteiger partial charge in [0.1, 0.15) is 0 Å². The van der Waals surface area contributed by atoms with Gasteiger partial charge in [-0.1, -0.05) is 29.8 Å². The first-order valence-electron chi connectivity index (χ1n) is 8.56. The van der Waals surface area contributed by atoms with E-state index in [0.717, 1.165) is 5.56 Å². The lowest BCUT2D eigenvalue weighted by atomic mass is 10.0. The summed E-state index contributed by atoms with van der Waals surface area (Å²) in [5.74, 6) is -0.326. The zero-order valence-corrected chi connectivity index (χ0v) is 15.0. The Morgan fingerprint density at radius 3 is 2.62 bits per heavy atom. The number of rotatable bonds is 5. The van der Waals surface area contributed by atoms with Gasteiger partial charge in [0.25, 0.3) is 5.91 Å². The topological polar surface area (TPSA) is 83.6 Å². The second-order valence-corrected chi connectivity index (χ2v) is 7.02. The van der Waals surface area contributed by atoms with Gasteiger partial charge in [0.15, 0.2) is 5.78 Å². The lowest BCUT2D eigenvalue weighted by Crippen LogP contribution is -2.40. The van der Waals surface area contributed by atoms with E-state index >= 15 is 0 Å². The Balaban J connectivity index is 1.69. The maximum absolute atomic E-state index is 12.8. The smallest absolute Gasteiger partial charge is 0.254 e. The first kappa shape index (κ1) is 18.4. The highest BCUT2D eigenvalue weighted by molar-refractivity contribution is 6.30. The van der Waals surface area contributed by atoms with Gasteiger partial charge >= 0.3 is 0 Å². The fraction of sp³-hybridized carbons (Fsp3) is 0.300. The second kappa shape index (κ2) is 7.89. The molecule has 2 atom stereocenters. The zero-order valence-electron chi connectivity index (χ0n) is 14.3.